The first-order valence-corrected chi connectivity index (χ1v) is 5.07. The summed E-state index contributed by atoms with van der Waals surface area (Å²) in [5.41, 5.74) is 7.36. The minimum Gasteiger partial charge on any atom is -0.398 e. The fourth-order valence-electron chi connectivity index (χ4n) is 1.19. The van der Waals surface area contributed by atoms with Gasteiger partial charge in [0.2, 0.25) is 0 Å². The quantitative estimate of drug-likeness (QED) is 0.789. The van der Waals surface area contributed by atoms with Crippen molar-refractivity contribution >= 4 is 11.6 Å². The molecule has 0 saturated carbocycles. The second-order valence-electron chi connectivity index (χ2n) is 3.67. The van der Waals surface area contributed by atoms with Crippen LogP contribution in [0.5, 0.6) is 0 Å². The Kier molecular flexibility index (Phi) is 4.25. The molecule has 0 bridgehead atoms. The van der Waals surface area contributed by atoms with Crippen LogP contribution in [-0.4, -0.2) is 30.6 Å². The molecule has 0 spiro atoms. The highest BCUT2D eigenvalue weighted by Crippen LogP contribution is 2.10. The van der Waals surface area contributed by atoms with Gasteiger partial charge in [-0.2, -0.15) is 0 Å². The van der Waals surface area contributed by atoms with Gasteiger partial charge in [-0.15, -0.1) is 0 Å². The van der Waals surface area contributed by atoms with E-state index in [1.807, 2.05) is 13.8 Å². The van der Waals surface area contributed by atoms with Crippen LogP contribution in [0.4, 0.5) is 5.69 Å². The van der Waals surface area contributed by atoms with Gasteiger partial charge in [0.25, 0.3) is 5.91 Å². The number of ether oxygens (including phenoxy) is 1. The van der Waals surface area contributed by atoms with E-state index in [4.69, 9.17) is 10.5 Å². The molecule has 1 atom stereocenters. The number of rotatable bonds is 4. The van der Waals surface area contributed by atoms with E-state index in [0.717, 1.165) is 5.69 Å². The third kappa shape index (κ3) is 3.20. The molecule has 0 radical (unpaired) electrons. The number of nitrogens with zero attached hydrogens (tertiary/aromatic N) is 1. The molecule has 0 aromatic carbocycles. The molecule has 1 rings (SSSR count). The summed E-state index contributed by atoms with van der Waals surface area (Å²) in [7, 11) is 1.60. The number of nitrogens with one attached hydrogen (secondary N) is 1. The number of nitrogens with two attached hydrogens (primary N) is 1. The van der Waals surface area contributed by atoms with Crippen LogP contribution in [0.25, 0.3) is 0 Å². The zero-order valence-corrected chi connectivity index (χ0v) is 9.78. The zero-order chi connectivity index (χ0) is 12.1. The number of hydrogen-bond acceptors (Lipinski definition) is 4. The fraction of sp³-hybridized carbons (Fsp3) is 0.455. The summed E-state index contributed by atoms with van der Waals surface area (Å²) in [5, 5.41) is 2.73. The van der Waals surface area contributed by atoms with Crippen molar-refractivity contribution in [3.8, 4) is 0 Å². The molecule has 5 heteroatoms. The summed E-state index contributed by atoms with van der Waals surface area (Å²) in [6.07, 6.45) is 1.46. The summed E-state index contributed by atoms with van der Waals surface area (Å²) in [6.45, 7) is 4.14. The molecule has 0 fully saturated rings. The molecule has 0 aliphatic heterocycles. The SMILES string of the molecule is COC(C)CNC(=O)c1cnc(C)cc1N. The highest BCUT2D eigenvalue weighted by Gasteiger charge is 2.11. The molecule has 3 N–H and O–H groups in total. The van der Waals surface area contributed by atoms with Crippen molar-refractivity contribution in [1.29, 1.82) is 0 Å². The number of aryl methyl sites for hydroxylation is 1. The summed E-state index contributed by atoms with van der Waals surface area (Å²) in [4.78, 5) is 15.7. The number of anilines is 1. The van der Waals surface area contributed by atoms with Gasteiger partial charge in [0.15, 0.2) is 0 Å². The van der Waals surface area contributed by atoms with Gasteiger partial charge in [0, 0.05) is 31.2 Å². The lowest BCUT2D eigenvalue weighted by Gasteiger charge is -2.11. The Morgan fingerprint density at radius 3 is 2.94 bits per heavy atom. The lowest BCUT2D eigenvalue weighted by molar-refractivity contribution is 0.0871. The third-order valence-corrected chi connectivity index (χ3v) is 2.27. The minimum atomic E-state index is -0.228. The van der Waals surface area contributed by atoms with E-state index in [1.165, 1.54) is 6.20 Å². The molecular weight excluding hydrogens is 206 g/mol. The van der Waals surface area contributed by atoms with Crippen LogP contribution < -0.4 is 11.1 Å². The number of carbonyl (C=O) groups is 1. The number of carbonyl (C=O) groups excluding carboxylic acids is 1. The fourth-order valence-corrected chi connectivity index (χ4v) is 1.19. The van der Waals surface area contributed by atoms with Gasteiger partial charge in [0.1, 0.15) is 0 Å². The first-order chi connectivity index (χ1) is 7.54. The van der Waals surface area contributed by atoms with E-state index in [1.54, 1.807) is 13.2 Å². The van der Waals surface area contributed by atoms with E-state index >= 15 is 0 Å². The molecule has 1 heterocycles. The van der Waals surface area contributed by atoms with Crippen LogP contribution in [-0.2, 0) is 4.74 Å². The lowest BCUT2D eigenvalue weighted by Crippen LogP contribution is -2.32. The van der Waals surface area contributed by atoms with Crippen LogP contribution in [0, 0.1) is 6.92 Å². The van der Waals surface area contributed by atoms with Gasteiger partial charge < -0.3 is 15.8 Å². The van der Waals surface area contributed by atoms with E-state index in [9.17, 15) is 4.79 Å². The second kappa shape index (κ2) is 5.46. The lowest BCUT2D eigenvalue weighted by atomic mass is 10.2. The predicted octanol–water partition coefficient (Wildman–Crippen LogP) is 0.737. The highest BCUT2D eigenvalue weighted by molar-refractivity contribution is 5.98. The van der Waals surface area contributed by atoms with Gasteiger partial charge in [-0.05, 0) is 19.9 Å². The Morgan fingerprint density at radius 1 is 1.69 bits per heavy atom. The maximum absolute atomic E-state index is 11.7. The molecule has 1 unspecified atom stereocenters. The highest BCUT2D eigenvalue weighted by atomic mass is 16.5. The molecule has 88 valence electrons. The van der Waals surface area contributed by atoms with E-state index in [2.05, 4.69) is 10.3 Å². The molecule has 1 amide bonds. The van der Waals surface area contributed by atoms with Gasteiger partial charge in [0.05, 0.1) is 11.7 Å². The van der Waals surface area contributed by atoms with Crippen LogP contribution in [0.2, 0.25) is 0 Å². The average molecular weight is 223 g/mol. The number of amides is 1. The van der Waals surface area contributed by atoms with Crippen molar-refractivity contribution in [2.24, 2.45) is 0 Å². The van der Waals surface area contributed by atoms with E-state index in [-0.39, 0.29) is 12.0 Å². The maximum Gasteiger partial charge on any atom is 0.255 e. The topological polar surface area (TPSA) is 77.2 Å². The molecule has 1 aromatic rings. The molecule has 0 aliphatic rings. The molecule has 5 nitrogen and oxygen atoms in total. The van der Waals surface area contributed by atoms with E-state index < -0.39 is 0 Å². The summed E-state index contributed by atoms with van der Waals surface area (Å²) in [5.74, 6) is -0.228. The number of pyridine rings is 1. The Morgan fingerprint density at radius 2 is 2.38 bits per heavy atom. The van der Waals surface area contributed by atoms with Crippen LogP contribution in [0.15, 0.2) is 12.3 Å². The summed E-state index contributed by atoms with van der Waals surface area (Å²) >= 11 is 0. The van der Waals surface area contributed by atoms with Crippen LogP contribution in [0.1, 0.15) is 23.0 Å². The molecule has 0 aliphatic carbocycles. The summed E-state index contributed by atoms with van der Waals surface area (Å²) < 4.78 is 5.02. The summed E-state index contributed by atoms with van der Waals surface area (Å²) in [6, 6.07) is 1.68. The molecule has 0 saturated heterocycles. The minimum absolute atomic E-state index is 0.0245. The number of methoxy groups -OCH3 is 1. The number of nitrogen functional groups attached to an aromatic ring is 1. The largest absolute Gasteiger partial charge is 0.398 e. The van der Waals surface area contributed by atoms with Crippen molar-refractivity contribution < 1.29 is 9.53 Å². The molecular formula is C11H17N3O2. The van der Waals surface area contributed by atoms with Crippen molar-refractivity contribution in [2.45, 2.75) is 20.0 Å². The third-order valence-electron chi connectivity index (χ3n) is 2.27. The van der Waals surface area contributed by atoms with Crippen molar-refractivity contribution in [1.82, 2.24) is 10.3 Å². The molecule has 1 aromatic heterocycles. The monoisotopic (exact) mass is 223 g/mol. The van der Waals surface area contributed by atoms with Gasteiger partial charge in [-0.25, -0.2) is 0 Å². The van der Waals surface area contributed by atoms with Gasteiger partial charge in [-0.3, -0.25) is 9.78 Å². The molecule has 16 heavy (non-hydrogen) atoms. The predicted molar refractivity (Wildman–Crippen MR) is 62.2 cm³/mol. The van der Waals surface area contributed by atoms with Gasteiger partial charge in [-0.1, -0.05) is 0 Å². The Balaban J connectivity index is 2.66. The number of hydrogen-bond donors (Lipinski definition) is 2. The van der Waals surface area contributed by atoms with Crippen molar-refractivity contribution in [2.75, 3.05) is 19.4 Å². The van der Waals surface area contributed by atoms with Gasteiger partial charge >= 0.3 is 0 Å². The number of aromatic nitrogens is 1. The van der Waals surface area contributed by atoms with Crippen LogP contribution >= 0.6 is 0 Å². The van der Waals surface area contributed by atoms with Crippen molar-refractivity contribution in [3.63, 3.8) is 0 Å². The Hall–Kier alpha value is -1.62. The first-order valence-electron chi connectivity index (χ1n) is 5.07. The normalized spacial score (nSPS) is 12.2. The maximum atomic E-state index is 11.7. The second-order valence-corrected chi connectivity index (χ2v) is 3.67. The Bertz CT molecular complexity index is 379. The zero-order valence-electron chi connectivity index (χ0n) is 9.78. The van der Waals surface area contributed by atoms with E-state index in [0.29, 0.717) is 17.8 Å². The Labute approximate surface area is 95.0 Å². The first kappa shape index (κ1) is 12.4. The average Bonchev–Trinajstić information content (AvgIpc) is 2.25. The standard InChI is InChI=1S/C11H17N3O2/c1-7-4-10(12)9(6-13-7)11(15)14-5-8(2)16-3/h4,6,8H,5H2,1-3H3,(H2,12,13)(H,14,15). The smallest absolute Gasteiger partial charge is 0.255 e. The van der Waals surface area contributed by atoms with Crippen LogP contribution in [0.3, 0.4) is 0 Å². The van der Waals surface area contributed by atoms with Crippen molar-refractivity contribution in [3.05, 3.63) is 23.5 Å².